The number of ether oxygens (including phenoxy) is 1. The van der Waals surface area contributed by atoms with Crippen molar-refractivity contribution < 1.29 is 18.7 Å². The van der Waals surface area contributed by atoms with Crippen LogP contribution >= 0.6 is 11.3 Å². The number of hydrogen-bond donors (Lipinski definition) is 1. The SMILES string of the molecule is CCOC(=O)C[C@@H](NC(=O)N1CCc2c(sc3nc(-c4ccc(F)cc4)nn23)C1)c1ccccc1. The first-order valence-corrected chi connectivity index (χ1v) is 12.2. The molecule has 2 aromatic carbocycles. The average Bonchev–Trinajstić information content (AvgIpc) is 3.42. The summed E-state index contributed by atoms with van der Waals surface area (Å²) in [6, 6.07) is 14.8. The maximum absolute atomic E-state index is 13.2. The number of thiazole rings is 1. The highest BCUT2D eigenvalue weighted by Crippen LogP contribution is 2.30. The van der Waals surface area contributed by atoms with Gasteiger partial charge in [-0.25, -0.2) is 13.7 Å². The Morgan fingerprint density at radius 1 is 1.17 bits per heavy atom. The van der Waals surface area contributed by atoms with Crippen molar-refractivity contribution in [1.82, 2.24) is 24.8 Å². The average molecular weight is 494 g/mol. The second kappa shape index (κ2) is 9.83. The Morgan fingerprint density at radius 3 is 2.69 bits per heavy atom. The van der Waals surface area contributed by atoms with E-state index in [2.05, 4.69) is 15.4 Å². The summed E-state index contributed by atoms with van der Waals surface area (Å²) in [5.41, 5.74) is 2.63. The highest BCUT2D eigenvalue weighted by Gasteiger charge is 2.28. The van der Waals surface area contributed by atoms with Crippen LogP contribution in [-0.4, -0.2) is 44.7 Å². The molecule has 1 aliphatic rings. The van der Waals surface area contributed by atoms with Crippen molar-refractivity contribution in [2.75, 3.05) is 13.2 Å². The molecular weight excluding hydrogens is 469 g/mol. The van der Waals surface area contributed by atoms with E-state index in [-0.39, 0.29) is 24.2 Å². The molecule has 35 heavy (non-hydrogen) atoms. The van der Waals surface area contributed by atoms with Gasteiger partial charge in [0.1, 0.15) is 5.82 Å². The first-order valence-electron chi connectivity index (χ1n) is 11.4. The standard InChI is InChI=1S/C25H24FN5O3S/c1-2-34-22(32)14-19(16-6-4-3-5-7-16)27-24(33)30-13-12-20-21(15-30)35-25-28-23(29-31(20)25)17-8-10-18(26)11-9-17/h3-11,19H,2,12-15H2,1H3,(H,27,33)/t19-/m1/s1. The van der Waals surface area contributed by atoms with E-state index in [9.17, 15) is 14.0 Å². The highest BCUT2D eigenvalue weighted by atomic mass is 32.1. The second-order valence-corrected chi connectivity index (χ2v) is 9.26. The van der Waals surface area contributed by atoms with Gasteiger partial charge >= 0.3 is 12.0 Å². The van der Waals surface area contributed by atoms with Crippen LogP contribution in [0.15, 0.2) is 54.6 Å². The molecule has 4 aromatic rings. The van der Waals surface area contributed by atoms with Gasteiger partial charge in [-0.15, -0.1) is 5.10 Å². The number of carbonyl (C=O) groups is 2. The highest BCUT2D eigenvalue weighted by molar-refractivity contribution is 7.17. The number of carbonyl (C=O) groups excluding carboxylic acids is 2. The number of amides is 2. The van der Waals surface area contributed by atoms with Crippen LogP contribution in [-0.2, 0) is 22.5 Å². The summed E-state index contributed by atoms with van der Waals surface area (Å²) in [7, 11) is 0. The van der Waals surface area contributed by atoms with Gasteiger partial charge in [0, 0.05) is 23.4 Å². The Labute approximate surface area is 205 Å². The zero-order valence-electron chi connectivity index (χ0n) is 19.1. The smallest absolute Gasteiger partial charge is 0.318 e. The van der Waals surface area contributed by atoms with Crippen molar-refractivity contribution in [3.05, 3.63) is 76.5 Å². The molecule has 0 bridgehead atoms. The number of urea groups is 1. The van der Waals surface area contributed by atoms with Gasteiger partial charge in [0.15, 0.2) is 5.82 Å². The van der Waals surface area contributed by atoms with Gasteiger partial charge in [0.2, 0.25) is 4.96 Å². The molecule has 5 rings (SSSR count). The number of fused-ring (bicyclic) bond motifs is 3. The quantitative estimate of drug-likeness (QED) is 0.403. The molecule has 2 amide bonds. The fourth-order valence-corrected chi connectivity index (χ4v) is 5.26. The number of rotatable bonds is 6. The van der Waals surface area contributed by atoms with Gasteiger partial charge in [0.05, 0.1) is 31.3 Å². The van der Waals surface area contributed by atoms with E-state index in [0.29, 0.717) is 31.9 Å². The molecule has 180 valence electrons. The number of hydrogen-bond acceptors (Lipinski definition) is 6. The summed E-state index contributed by atoms with van der Waals surface area (Å²) in [6.45, 7) is 3.00. The van der Waals surface area contributed by atoms with Crippen molar-refractivity contribution in [2.24, 2.45) is 0 Å². The second-order valence-electron chi connectivity index (χ2n) is 8.20. The Bertz CT molecular complexity index is 1350. The number of aromatic nitrogens is 3. The minimum Gasteiger partial charge on any atom is -0.466 e. The van der Waals surface area contributed by atoms with Gasteiger partial charge in [-0.05, 0) is 36.8 Å². The first kappa shape index (κ1) is 23.0. The van der Waals surface area contributed by atoms with Gasteiger partial charge in [0.25, 0.3) is 0 Å². The third-order valence-electron chi connectivity index (χ3n) is 5.89. The van der Waals surface area contributed by atoms with Crippen molar-refractivity contribution in [1.29, 1.82) is 0 Å². The maximum Gasteiger partial charge on any atom is 0.318 e. The fourth-order valence-electron chi connectivity index (χ4n) is 4.15. The normalized spacial score (nSPS) is 13.9. The molecule has 0 fully saturated rings. The lowest BCUT2D eigenvalue weighted by Crippen LogP contribution is -2.44. The molecule has 1 atom stereocenters. The minimum absolute atomic E-state index is 0.0611. The molecule has 0 spiro atoms. The van der Waals surface area contributed by atoms with Crippen LogP contribution < -0.4 is 5.32 Å². The van der Waals surface area contributed by atoms with E-state index >= 15 is 0 Å². The topological polar surface area (TPSA) is 88.8 Å². The van der Waals surface area contributed by atoms with Crippen LogP contribution in [0.2, 0.25) is 0 Å². The van der Waals surface area contributed by atoms with Crippen molar-refractivity contribution in [3.63, 3.8) is 0 Å². The summed E-state index contributed by atoms with van der Waals surface area (Å²) in [6.07, 6.45) is 0.689. The predicted octanol–water partition coefficient (Wildman–Crippen LogP) is 4.36. The number of halogens is 1. The monoisotopic (exact) mass is 493 g/mol. The molecule has 0 radical (unpaired) electrons. The molecular formula is C25H24FN5O3S. The number of benzene rings is 2. The summed E-state index contributed by atoms with van der Waals surface area (Å²) < 4.78 is 20.2. The van der Waals surface area contributed by atoms with E-state index < -0.39 is 6.04 Å². The fraction of sp³-hybridized carbons (Fsp3) is 0.280. The molecule has 0 aliphatic carbocycles. The van der Waals surface area contributed by atoms with Crippen molar-refractivity contribution in [3.8, 4) is 11.4 Å². The van der Waals surface area contributed by atoms with Crippen molar-refractivity contribution in [2.45, 2.75) is 32.4 Å². The molecule has 1 N–H and O–H groups in total. The Balaban J connectivity index is 1.31. The lowest BCUT2D eigenvalue weighted by molar-refractivity contribution is -0.143. The summed E-state index contributed by atoms with van der Waals surface area (Å²) in [5.74, 6) is -0.115. The van der Waals surface area contributed by atoms with Crippen LogP contribution in [0, 0.1) is 5.82 Å². The third kappa shape index (κ3) is 4.88. The van der Waals surface area contributed by atoms with Crippen LogP contribution in [0.1, 0.15) is 35.5 Å². The van der Waals surface area contributed by atoms with Crippen LogP contribution in [0.4, 0.5) is 9.18 Å². The molecule has 3 heterocycles. The largest absolute Gasteiger partial charge is 0.466 e. The Hall–Kier alpha value is -3.79. The summed E-state index contributed by atoms with van der Waals surface area (Å²) >= 11 is 1.49. The van der Waals surface area contributed by atoms with E-state index in [0.717, 1.165) is 26.7 Å². The summed E-state index contributed by atoms with van der Waals surface area (Å²) in [4.78, 5) is 33.4. The van der Waals surface area contributed by atoms with Gasteiger partial charge in [-0.3, -0.25) is 4.79 Å². The van der Waals surface area contributed by atoms with E-state index in [1.165, 1.54) is 23.5 Å². The molecule has 0 saturated heterocycles. The number of nitrogens with zero attached hydrogens (tertiary/aromatic N) is 4. The van der Waals surface area contributed by atoms with Crippen LogP contribution in [0.3, 0.4) is 0 Å². The van der Waals surface area contributed by atoms with E-state index in [1.54, 1.807) is 24.0 Å². The zero-order chi connectivity index (χ0) is 24.4. The van der Waals surface area contributed by atoms with Crippen LogP contribution in [0.5, 0.6) is 0 Å². The van der Waals surface area contributed by atoms with Gasteiger partial charge in [-0.1, -0.05) is 41.7 Å². The molecule has 0 unspecified atom stereocenters. The molecule has 2 aromatic heterocycles. The summed E-state index contributed by atoms with van der Waals surface area (Å²) in [5, 5.41) is 7.63. The molecule has 10 heteroatoms. The van der Waals surface area contributed by atoms with E-state index in [4.69, 9.17) is 4.74 Å². The minimum atomic E-state index is -0.482. The third-order valence-corrected chi connectivity index (χ3v) is 6.95. The lowest BCUT2D eigenvalue weighted by Gasteiger charge is -2.29. The number of esters is 1. The lowest BCUT2D eigenvalue weighted by atomic mass is 10.0. The Morgan fingerprint density at radius 2 is 1.94 bits per heavy atom. The maximum atomic E-state index is 13.2. The first-order chi connectivity index (χ1) is 17.0. The predicted molar refractivity (Wildman–Crippen MR) is 129 cm³/mol. The van der Waals surface area contributed by atoms with Crippen molar-refractivity contribution >= 4 is 28.3 Å². The molecule has 8 nitrogen and oxygen atoms in total. The van der Waals surface area contributed by atoms with E-state index in [1.807, 2.05) is 34.8 Å². The zero-order valence-corrected chi connectivity index (χ0v) is 19.9. The van der Waals surface area contributed by atoms with Crippen LogP contribution in [0.25, 0.3) is 16.3 Å². The van der Waals surface area contributed by atoms with Gasteiger partial charge < -0.3 is 15.0 Å². The molecule has 1 aliphatic heterocycles. The number of nitrogens with one attached hydrogen (secondary N) is 1. The van der Waals surface area contributed by atoms with Gasteiger partial charge in [-0.2, -0.15) is 4.98 Å². The molecule has 0 saturated carbocycles. The Kier molecular flexibility index (Phi) is 6.45.